The molecule has 0 saturated heterocycles. The fraction of sp³-hybridized carbons (Fsp3) is 0.133. The highest BCUT2D eigenvalue weighted by Gasteiger charge is 2.35. The van der Waals surface area contributed by atoms with Crippen molar-refractivity contribution in [2.24, 2.45) is 0 Å². The van der Waals surface area contributed by atoms with Crippen LogP contribution in [0.25, 0.3) is 0 Å². The molecule has 2 amide bonds. The van der Waals surface area contributed by atoms with Crippen LogP contribution >= 0.6 is 11.6 Å². The lowest BCUT2D eigenvalue weighted by molar-refractivity contribution is -0.121. The second-order valence-electron chi connectivity index (χ2n) is 8.72. The van der Waals surface area contributed by atoms with Crippen molar-refractivity contribution in [1.29, 1.82) is 0 Å². The van der Waals surface area contributed by atoms with E-state index in [1.807, 2.05) is 60.7 Å². The lowest BCUT2D eigenvalue weighted by Crippen LogP contribution is -2.50. The van der Waals surface area contributed by atoms with Gasteiger partial charge in [0.1, 0.15) is 18.4 Å². The lowest BCUT2D eigenvalue weighted by atomic mass is 9.92. The van der Waals surface area contributed by atoms with Crippen LogP contribution < -0.4 is 10.1 Å². The monoisotopic (exact) mass is 496 g/mol. The predicted molar refractivity (Wildman–Crippen MR) is 141 cm³/mol. The summed E-state index contributed by atoms with van der Waals surface area (Å²) in [6.07, 6.45) is 0.436. The van der Waals surface area contributed by atoms with Gasteiger partial charge >= 0.3 is 0 Å². The van der Waals surface area contributed by atoms with E-state index in [1.54, 1.807) is 47.4 Å². The number of carbonyl (C=O) groups excluding carboxylic acids is 2. The SMILES string of the molecule is O=C(Nc1ccc(Cl)cc1)C1Cc2ccccc2CN1C(=O)c1cccc(OCc2ccccc2)c1. The number of hydrogen-bond acceptors (Lipinski definition) is 3. The van der Waals surface area contributed by atoms with Gasteiger partial charge in [-0.15, -0.1) is 0 Å². The van der Waals surface area contributed by atoms with Gasteiger partial charge in [-0.05, 0) is 59.2 Å². The molecule has 0 fully saturated rings. The van der Waals surface area contributed by atoms with Gasteiger partial charge in [-0.2, -0.15) is 0 Å². The summed E-state index contributed by atoms with van der Waals surface area (Å²) in [6, 6.07) is 31.2. The smallest absolute Gasteiger partial charge is 0.254 e. The minimum Gasteiger partial charge on any atom is -0.489 e. The number of amides is 2. The Bertz CT molecular complexity index is 1370. The first-order valence-corrected chi connectivity index (χ1v) is 12.2. The number of carbonyl (C=O) groups is 2. The standard InChI is InChI=1S/C30H25ClN2O3/c31-25-13-15-26(16-14-25)32-29(34)28-18-22-9-4-5-10-24(22)19-33(28)30(35)23-11-6-12-27(17-23)36-20-21-7-2-1-3-8-21/h1-17,28H,18-20H2,(H,32,34). The van der Waals surface area contributed by atoms with E-state index in [-0.39, 0.29) is 11.8 Å². The maximum atomic E-state index is 13.7. The molecular weight excluding hydrogens is 472 g/mol. The lowest BCUT2D eigenvalue weighted by Gasteiger charge is -2.36. The van der Waals surface area contributed by atoms with E-state index in [4.69, 9.17) is 16.3 Å². The molecule has 0 aromatic heterocycles. The van der Waals surface area contributed by atoms with Crippen LogP contribution in [0.2, 0.25) is 5.02 Å². The molecule has 1 atom stereocenters. The molecule has 5 rings (SSSR count). The fourth-order valence-corrected chi connectivity index (χ4v) is 4.48. The van der Waals surface area contributed by atoms with Crippen molar-refractivity contribution < 1.29 is 14.3 Å². The summed E-state index contributed by atoms with van der Waals surface area (Å²) in [5, 5.41) is 3.53. The van der Waals surface area contributed by atoms with Gasteiger partial charge in [-0.1, -0.05) is 72.3 Å². The van der Waals surface area contributed by atoms with Crippen molar-refractivity contribution in [3.8, 4) is 5.75 Å². The summed E-state index contributed by atoms with van der Waals surface area (Å²) in [7, 11) is 0. The van der Waals surface area contributed by atoms with Gasteiger partial charge in [-0.25, -0.2) is 0 Å². The number of halogens is 1. The zero-order valence-electron chi connectivity index (χ0n) is 19.6. The molecule has 6 heteroatoms. The van der Waals surface area contributed by atoms with Crippen LogP contribution in [-0.4, -0.2) is 22.8 Å². The van der Waals surface area contributed by atoms with Crippen LogP contribution in [0.3, 0.4) is 0 Å². The first-order valence-electron chi connectivity index (χ1n) is 11.8. The summed E-state index contributed by atoms with van der Waals surface area (Å²) in [5.41, 5.74) is 4.26. The first kappa shape index (κ1) is 23.6. The van der Waals surface area contributed by atoms with E-state index in [1.165, 1.54) is 0 Å². The summed E-state index contributed by atoms with van der Waals surface area (Å²) in [4.78, 5) is 28.7. The Labute approximate surface area is 215 Å². The molecule has 4 aromatic carbocycles. The molecule has 36 heavy (non-hydrogen) atoms. The molecule has 0 aliphatic carbocycles. The van der Waals surface area contributed by atoms with Gasteiger partial charge in [0.15, 0.2) is 0 Å². The number of nitrogens with zero attached hydrogens (tertiary/aromatic N) is 1. The second kappa shape index (κ2) is 10.7. The fourth-order valence-electron chi connectivity index (χ4n) is 4.36. The zero-order chi connectivity index (χ0) is 24.9. The molecule has 180 valence electrons. The quantitative estimate of drug-likeness (QED) is 0.349. The Hall–Kier alpha value is -4.09. The Balaban J connectivity index is 1.38. The Morgan fingerprint density at radius 3 is 2.36 bits per heavy atom. The van der Waals surface area contributed by atoms with Crippen LogP contribution in [0.1, 0.15) is 27.0 Å². The van der Waals surface area contributed by atoms with Crippen molar-refractivity contribution >= 4 is 29.1 Å². The average Bonchev–Trinajstić information content (AvgIpc) is 2.92. The van der Waals surface area contributed by atoms with Crippen LogP contribution in [0, 0.1) is 0 Å². The molecule has 4 aromatic rings. The largest absolute Gasteiger partial charge is 0.489 e. The average molecular weight is 497 g/mol. The molecule has 1 aliphatic rings. The topological polar surface area (TPSA) is 58.6 Å². The molecular formula is C30H25ClN2O3. The number of ether oxygens (including phenoxy) is 1. The van der Waals surface area contributed by atoms with Crippen molar-refractivity contribution in [3.05, 3.63) is 130 Å². The van der Waals surface area contributed by atoms with Gasteiger partial charge in [0.05, 0.1) is 0 Å². The Morgan fingerprint density at radius 2 is 1.58 bits per heavy atom. The molecule has 1 aliphatic heterocycles. The van der Waals surface area contributed by atoms with Crippen molar-refractivity contribution in [1.82, 2.24) is 4.90 Å². The van der Waals surface area contributed by atoms with E-state index in [9.17, 15) is 9.59 Å². The molecule has 0 spiro atoms. The zero-order valence-corrected chi connectivity index (χ0v) is 20.3. The molecule has 0 saturated carbocycles. The maximum Gasteiger partial charge on any atom is 0.254 e. The highest BCUT2D eigenvalue weighted by molar-refractivity contribution is 6.30. The van der Waals surface area contributed by atoms with Crippen molar-refractivity contribution in [2.75, 3.05) is 5.32 Å². The third-order valence-electron chi connectivity index (χ3n) is 6.25. The Morgan fingerprint density at radius 1 is 0.861 bits per heavy atom. The number of hydrogen-bond donors (Lipinski definition) is 1. The summed E-state index contributed by atoms with van der Waals surface area (Å²) in [6.45, 7) is 0.754. The number of nitrogens with one attached hydrogen (secondary N) is 1. The third-order valence-corrected chi connectivity index (χ3v) is 6.51. The highest BCUT2D eigenvalue weighted by Crippen LogP contribution is 2.27. The molecule has 1 N–H and O–H groups in total. The molecule has 1 heterocycles. The highest BCUT2D eigenvalue weighted by atomic mass is 35.5. The predicted octanol–water partition coefficient (Wildman–Crippen LogP) is 6.12. The van der Waals surface area contributed by atoms with Crippen molar-refractivity contribution in [2.45, 2.75) is 25.6 Å². The van der Waals surface area contributed by atoms with E-state index < -0.39 is 6.04 Å². The number of anilines is 1. The first-order chi connectivity index (χ1) is 17.6. The van der Waals surface area contributed by atoms with E-state index in [0.29, 0.717) is 41.6 Å². The van der Waals surface area contributed by atoms with Crippen LogP contribution in [0.5, 0.6) is 5.75 Å². The summed E-state index contributed by atoms with van der Waals surface area (Å²) >= 11 is 5.98. The number of fused-ring (bicyclic) bond motifs is 1. The van der Waals surface area contributed by atoms with Crippen LogP contribution in [0.4, 0.5) is 5.69 Å². The van der Waals surface area contributed by atoms with E-state index in [2.05, 4.69) is 5.32 Å². The second-order valence-corrected chi connectivity index (χ2v) is 9.16. The minimum atomic E-state index is -0.656. The van der Waals surface area contributed by atoms with E-state index in [0.717, 1.165) is 16.7 Å². The maximum absolute atomic E-state index is 13.7. The summed E-state index contributed by atoms with van der Waals surface area (Å²) < 4.78 is 5.93. The number of benzene rings is 4. The molecule has 0 radical (unpaired) electrons. The van der Waals surface area contributed by atoms with Gasteiger partial charge in [0.2, 0.25) is 5.91 Å². The third kappa shape index (κ3) is 5.42. The van der Waals surface area contributed by atoms with E-state index >= 15 is 0 Å². The van der Waals surface area contributed by atoms with Gasteiger partial charge in [0, 0.05) is 29.2 Å². The normalized spacial score (nSPS) is 14.6. The Kier molecular flexibility index (Phi) is 7.01. The van der Waals surface area contributed by atoms with Gasteiger partial charge < -0.3 is 15.0 Å². The molecule has 0 bridgehead atoms. The minimum absolute atomic E-state index is 0.217. The summed E-state index contributed by atoms with van der Waals surface area (Å²) in [5.74, 6) is 0.145. The van der Waals surface area contributed by atoms with Gasteiger partial charge in [-0.3, -0.25) is 9.59 Å². The number of rotatable bonds is 6. The van der Waals surface area contributed by atoms with Gasteiger partial charge in [0.25, 0.3) is 5.91 Å². The van der Waals surface area contributed by atoms with Crippen molar-refractivity contribution in [3.63, 3.8) is 0 Å². The molecule has 1 unspecified atom stereocenters. The van der Waals surface area contributed by atoms with Crippen LogP contribution in [-0.2, 0) is 24.4 Å². The molecule has 5 nitrogen and oxygen atoms in total. The van der Waals surface area contributed by atoms with Crippen LogP contribution in [0.15, 0.2) is 103 Å².